The van der Waals surface area contributed by atoms with Crippen molar-refractivity contribution in [2.45, 2.75) is 105 Å². The normalized spacial score (nSPS) is 14.6. The summed E-state index contributed by atoms with van der Waals surface area (Å²) < 4.78 is 0. The molecule has 4 aliphatic heterocycles. The van der Waals surface area contributed by atoms with Crippen molar-refractivity contribution in [2.24, 2.45) is 0 Å². The van der Waals surface area contributed by atoms with Crippen LogP contribution >= 0.6 is 0 Å². The number of rotatable bonds is 2. The highest BCUT2D eigenvalue weighted by Crippen LogP contribution is 2.50. The summed E-state index contributed by atoms with van der Waals surface area (Å²) in [6.07, 6.45) is 0. The quantitative estimate of drug-likeness (QED) is 0.161. The molecule has 62 heavy (non-hydrogen) atoms. The van der Waals surface area contributed by atoms with Gasteiger partial charge in [-0.25, -0.2) is 0 Å². The zero-order chi connectivity index (χ0) is 43.4. The van der Waals surface area contributed by atoms with Crippen LogP contribution in [0.1, 0.15) is 105 Å². The first kappa shape index (κ1) is 39.1. The molecule has 0 saturated heterocycles. The van der Waals surface area contributed by atoms with Crippen LogP contribution < -0.4 is 42.6 Å². The minimum Gasteiger partial charge on any atom is -0.312 e. The van der Waals surface area contributed by atoms with Crippen LogP contribution in [0.5, 0.6) is 0 Å². The second-order valence-electron chi connectivity index (χ2n) is 22.6. The molecule has 4 heteroatoms. The van der Waals surface area contributed by atoms with Gasteiger partial charge in [0.25, 0.3) is 0 Å². The molecule has 7 aromatic rings. The van der Waals surface area contributed by atoms with E-state index < -0.39 is 0 Å². The van der Waals surface area contributed by atoms with Crippen LogP contribution in [-0.4, -0.2) is 13.4 Å². The lowest BCUT2D eigenvalue weighted by Crippen LogP contribution is -2.61. The van der Waals surface area contributed by atoms with Gasteiger partial charge in [0.05, 0.1) is 0 Å². The van der Waals surface area contributed by atoms with Gasteiger partial charge in [-0.05, 0) is 130 Å². The van der Waals surface area contributed by atoms with Crippen LogP contribution in [0.4, 0.5) is 34.1 Å². The van der Waals surface area contributed by atoms with Crippen LogP contribution in [0.15, 0.2) is 133 Å². The van der Waals surface area contributed by atoms with E-state index in [1.54, 1.807) is 0 Å². The molecule has 11 rings (SSSR count). The zero-order valence-electron chi connectivity index (χ0n) is 38.8. The summed E-state index contributed by atoms with van der Waals surface area (Å²) in [4.78, 5) is 5.31. The Morgan fingerprint density at radius 2 is 0.903 bits per heavy atom. The van der Waals surface area contributed by atoms with Crippen molar-refractivity contribution >= 4 is 80.3 Å². The van der Waals surface area contributed by atoms with Crippen molar-refractivity contribution in [1.29, 1.82) is 0 Å². The molecule has 0 aliphatic carbocycles. The Morgan fingerprint density at radius 1 is 0.339 bits per heavy atom. The average Bonchev–Trinajstić information content (AvgIpc) is 3.74. The Labute approximate surface area is 371 Å². The lowest BCUT2D eigenvalue weighted by atomic mass is 9.33. The predicted molar refractivity (Wildman–Crippen MR) is 271 cm³/mol. The Balaban J connectivity index is 1.32. The van der Waals surface area contributed by atoms with Crippen molar-refractivity contribution in [3.63, 3.8) is 0 Å². The van der Waals surface area contributed by atoms with Crippen LogP contribution in [-0.2, 0) is 21.7 Å². The molecule has 0 atom stereocenters. The number of hydrogen-bond donors (Lipinski definition) is 0. The Hall–Kier alpha value is -5.73. The first-order chi connectivity index (χ1) is 29.3. The number of hydrogen-bond acceptors (Lipinski definition) is 2. The molecule has 0 radical (unpaired) electrons. The number of nitrogens with zero attached hydrogens (tertiary/aromatic N) is 2. The lowest BCUT2D eigenvalue weighted by molar-refractivity contribution is 0.589. The molecule has 0 unspecified atom stereocenters. The fraction of sp³-hybridized carbons (Fsp3) is 0.276. The summed E-state index contributed by atoms with van der Waals surface area (Å²) in [5.74, 6) is 0. The monoisotopic (exact) mass is 804 g/mol. The molecule has 0 N–H and O–H groups in total. The van der Waals surface area contributed by atoms with E-state index in [1.165, 1.54) is 111 Å². The molecule has 0 fully saturated rings. The van der Waals surface area contributed by atoms with E-state index in [9.17, 15) is 0 Å². The molecule has 4 aliphatic rings. The SMILES string of the molecule is CC(C)(C)c1ccc(N2c3cc(C(C)(C)C)cc4c3B(c3ccccc3-4)c3cc4c(c(C(C)(C)C)c32)B2c3ccc(C(C)(C)C)cc3-c3cccc(c32)N4c2ccccc2)cc1. The van der Waals surface area contributed by atoms with Crippen molar-refractivity contribution in [3.05, 3.63) is 156 Å². The highest BCUT2D eigenvalue weighted by Gasteiger charge is 2.51. The predicted octanol–water partition coefficient (Wildman–Crippen LogP) is 11.4. The van der Waals surface area contributed by atoms with E-state index in [0.29, 0.717) is 0 Å². The number of para-hydroxylation sites is 1. The third-order valence-electron chi connectivity index (χ3n) is 14.4. The van der Waals surface area contributed by atoms with E-state index in [0.717, 1.165) is 0 Å². The van der Waals surface area contributed by atoms with Gasteiger partial charge in [0.15, 0.2) is 0 Å². The lowest BCUT2D eigenvalue weighted by Gasteiger charge is -2.45. The summed E-state index contributed by atoms with van der Waals surface area (Å²) in [7, 11) is 0. The molecule has 0 spiro atoms. The molecule has 0 aromatic heterocycles. The van der Waals surface area contributed by atoms with Crippen LogP contribution in [0.25, 0.3) is 22.3 Å². The molecule has 0 saturated carbocycles. The van der Waals surface area contributed by atoms with E-state index in [2.05, 4.69) is 226 Å². The number of benzene rings is 7. The van der Waals surface area contributed by atoms with E-state index in [4.69, 9.17) is 0 Å². The molecule has 0 amide bonds. The third-order valence-corrected chi connectivity index (χ3v) is 14.4. The van der Waals surface area contributed by atoms with Gasteiger partial charge in [-0.2, -0.15) is 0 Å². The topological polar surface area (TPSA) is 6.48 Å². The molecule has 7 aromatic carbocycles. The van der Waals surface area contributed by atoms with E-state index in [1.807, 2.05) is 0 Å². The van der Waals surface area contributed by atoms with Gasteiger partial charge in [-0.1, -0.05) is 185 Å². The van der Waals surface area contributed by atoms with Gasteiger partial charge in [0.2, 0.25) is 13.4 Å². The van der Waals surface area contributed by atoms with Gasteiger partial charge in [-0.15, -0.1) is 0 Å². The van der Waals surface area contributed by atoms with Crippen LogP contribution in [0.3, 0.4) is 0 Å². The minimum absolute atomic E-state index is 0.0352. The molecular formula is C58H58B2N2. The Morgan fingerprint density at radius 3 is 1.58 bits per heavy atom. The van der Waals surface area contributed by atoms with Gasteiger partial charge in [0.1, 0.15) is 0 Å². The maximum atomic E-state index is 2.70. The summed E-state index contributed by atoms with van der Waals surface area (Å²) in [6, 6.07) is 52.1. The molecule has 306 valence electrons. The highest BCUT2D eigenvalue weighted by atomic mass is 15.2. The van der Waals surface area contributed by atoms with E-state index >= 15 is 0 Å². The van der Waals surface area contributed by atoms with E-state index in [-0.39, 0.29) is 35.1 Å². The van der Waals surface area contributed by atoms with Crippen LogP contribution in [0, 0.1) is 0 Å². The number of anilines is 6. The molecule has 4 heterocycles. The first-order valence-electron chi connectivity index (χ1n) is 22.8. The zero-order valence-corrected chi connectivity index (χ0v) is 38.8. The average molecular weight is 805 g/mol. The summed E-state index contributed by atoms with van der Waals surface area (Å²) in [5, 5.41) is 0. The Kier molecular flexibility index (Phi) is 8.15. The fourth-order valence-electron chi connectivity index (χ4n) is 11.4. The van der Waals surface area contributed by atoms with Crippen molar-refractivity contribution < 1.29 is 0 Å². The molecule has 0 bridgehead atoms. The first-order valence-corrected chi connectivity index (χ1v) is 22.8. The Bertz CT molecular complexity index is 3000. The summed E-state index contributed by atoms with van der Waals surface area (Å²) in [5.41, 5.74) is 26.9. The smallest absolute Gasteiger partial charge is 0.248 e. The summed E-state index contributed by atoms with van der Waals surface area (Å²) >= 11 is 0. The van der Waals surface area contributed by atoms with Gasteiger partial charge >= 0.3 is 0 Å². The van der Waals surface area contributed by atoms with Gasteiger partial charge in [-0.3, -0.25) is 0 Å². The third kappa shape index (κ3) is 5.57. The van der Waals surface area contributed by atoms with Gasteiger partial charge < -0.3 is 9.80 Å². The molecular weight excluding hydrogens is 746 g/mol. The minimum atomic E-state index is -0.234. The highest BCUT2D eigenvalue weighted by molar-refractivity contribution is 7.03. The second kappa shape index (κ2) is 12.9. The van der Waals surface area contributed by atoms with Crippen LogP contribution in [0.2, 0.25) is 0 Å². The van der Waals surface area contributed by atoms with Crippen molar-refractivity contribution in [1.82, 2.24) is 0 Å². The second-order valence-corrected chi connectivity index (χ2v) is 22.6. The maximum absolute atomic E-state index is 2.70. The standard InChI is InChI=1S/C58H58B2N2/c1-55(2,3)35-25-28-39(29-26-35)62-48-33-37(57(7,8)9)32-43-40-21-16-17-23-44(40)59(52(43)48)46-34-49-53(50(54(46)62)58(10,11)12)60-45-30-27-36(56(4,5)6)31-42(45)41-22-18-24-47(51(41)60)61(49)38-19-14-13-15-20-38/h13-34H,1-12H3. The largest absolute Gasteiger partial charge is 0.312 e. The maximum Gasteiger partial charge on any atom is 0.248 e. The molecule has 2 nitrogen and oxygen atoms in total. The van der Waals surface area contributed by atoms with Gasteiger partial charge in [0, 0.05) is 34.1 Å². The van der Waals surface area contributed by atoms with Crippen molar-refractivity contribution in [2.75, 3.05) is 9.80 Å². The van der Waals surface area contributed by atoms with Crippen molar-refractivity contribution in [3.8, 4) is 22.3 Å². The summed E-state index contributed by atoms with van der Waals surface area (Å²) in [6.45, 7) is 28.6. The number of fused-ring (bicyclic) bond motifs is 10. The fourth-order valence-corrected chi connectivity index (χ4v) is 11.4.